The van der Waals surface area contributed by atoms with Gasteiger partial charge in [-0.2, -0.15) is 18.7 Å². The van der Waals surface area contributed by atoms with Crippen molar-refractivity contribution >= 4 is 56.2 Å². The first kappa shape index (κ1) is 39.4. The van der Waals surface area contributed by atoms with Gasteiger partial charge < -0.3 is 29.1 Å². The number of hydrogen-bond donors (Lipinski definition) is 2. The average Bonchev–Trinajstić information content (AvgIpc) is 3.69. The van der Waals surface area contributed by atoms with E-state index in [1.807, 2.05) is 0 Å². The third-order valence-electron chi connectivity index (χ3n) is 6.49. The monoisotopic (exact) mass is 734 g/mol. The minimum absolute atomic E-state index is 0. The minimum Gasteiger partial charge on any atom is -0.724 e. The molecule has 24 nitrogen and oxygen atoms in total. The van der Waals surface area contributed by atoms with Crippen LogP contribution in [0.2, 0.25) is 0 Å². The molecule has 4 aliphatic rings. The Bertz CT molecular complexity index is 1750. The van der Waals surface area contributed by atoms with Crippen molar-refractivity contribution in [1.29, 1.82) is 0 Å². The average molecular weight is 735 g/mol. The van der Waals surface area contributed by atoms with Gasteiger partial charge in [-0.15, -0.1) is 10.2 Å². The van der Waals surface area contributed by atoms with Gasteiger partial charge in [0, 0.05) is 13.1 Å². The molecular formula is C20H20N10Na2O14S2. The van der Waals surface area contributed by atoms with Gasteiger partial charge in [0.05, 0.1) is 61.1 Å². The number of rotatable bonds is 10. The fourth-order valence-electron chi connectivity index (χ4n) is 4.78. The third kappa shape index (κ3) is 9.57. The predicted molar refractivity (Wildman–Crippen MR) is 138 cm³/mol. The maximum atomic E-state index is 12.0. The van der Waals surface area contributed by atoms with Crippen LogP contribution in [0.25, 0.3) is 11.4 Å². The van der Waals surface area contributed by atoms with Gasteiger partial charge in [-0.1, -0.05) is 10.4 Å². The number of carboxylic acids is 2. The van der Waals surface area contributed by atoms with Gasteiger partial charge in [0.2, 0.25) is 20.8 Å². The van der Waals surface area contributed by atoms with Gasteiger partial charge in [0.25, 0.3) is 0 Å². The molecule has 4 bridgehead atoms. The number of carboxylic acid groups (broad SMARTS) is 2. The smallest absolute Gasteiger partial charge is 0.724 e. The molecule has 0 spiro atoms. The molecule has 2 aromatic rings. The molecule has 6 rings (SSSR count). The Morgan fingerprint density at radius 2 is 1.10 bits per heavy atom. The maximum absolute atomic E-state index is 12.0. The zero-order valence-corrected chi connectivity index (χ0v) is 30.4. The van der Waals surface area contributed by atoms with Gasteiger partial charge >= 0.3 is 83.1 Å². The quantitative estimate of drug-likeness (QED) is 0.130. The van der Waals surface area contributed by atoms with Crippen molar-refractivity contribution < 1.29 is 123 Å². The predicted octanol–water partition coefficient (Wildman–Crippen LogP) is -9.48. The summed E-state index contributed by atoms with van der Waals surface area (Å²) in [6.45, 7) is 0.497. The Balaban J connectivity index is 0.000000250. The van der Waals surface area contributed by atoms with Crippen LogP contribution in [0.1, 0.15) is 11.4 Å². The van der Waals surface area contributed by atoms with Crippen molar-refractivity contribution in [3.8, 4) is 0 Å². The molecule has 0 saturated carbocycles. The summed E-state index contributed by atoms with van der Waals surface area (Å²) in [6.07, 6.45) is 5.20. The van der Waals surface area contributed by atoms with Crippen LogP contribution < -0.4 is 59.1 Å². The Kier molecular flexibility index (Phi) is 12.5. The van der Waals surface area contributed by atoms with E-state index < -0.39 is 56.9 Å². The van der Waals surface area contributed by atoms with Crippen LogP contribution in [-0.2, 0) is 51.8 Å². The Morgan fingerprint density at radius 3 is 1.42 bits per heavy atom. The molecule has 0 aromatic carbocycles. The van der Waals surface area contributed by atoms with E-state index in [4.69, 9.17) is 10.2 Å². The summed E-state index contributed by atoms with van der Waals surface area (Å²) in [4.78, 5) is 47.7. The first-order valence-corrected chi connectivity index (χ1v) is 15.3. The number of hydroxylamine groups is 4. The number of carbonyl (C=O) groups excluding carboxylic acids is 2. The molecule has 6 heterocycles. The van der Waals surface area contributed by atoms with E-state index >= 15 is 0 Å². The van der Waals surface area contributed by atoms with E-state index in [-0.39, 0.29) is 110 Å². The zero-order valence-electron chi connectivity index (χ0n) is 24.8. The maximum Gasteiger partial charge on any atom is 1.00 e. The zero-order chi connectivity index (χ0) is 33.6. The molecule has 0 aliphatic carbocycles. The van der Waals surface area contributed by atoms with Crippen molar-refractivity contribution in [2.75, 3.05) is 26.2 Å². The summed E-state index contributed by atoms with van der Waals surface area (Å²) in [5.74, 6) is -2.12. The molecule has 2 fully saturated rings. The summed E-state index contributed by atoms with van der Waals surface area (Å²) in [6, 6.07) is -3.07. The van der Waals surface area contributed by atoms with E-state index in [0.717, 1.165) is 0 Å². The molecule has 4 amide bonds. The van der Waals surface area contributed by atoms with Crippen LogP contribution in [0.15, 0.2) is 24.5 Å². The van der Waals surface area contributed by atoms with Crippen molar-refractivity contribution in [2.45, 2.75) is 24.9 Å². The SMILES string of the molecule is O=C(O)Cc1cn(C2=CC3CN(C2)C(=O)N3OS(=O)(=O)[O-])nn1.O=C(O)Cc1cn(C2=CC3CN(C2)C(=O)N3OS(=O)(=O)[O-])nn1.[Na+].[Na+]. The van der Waals surface area contributed by atoms with E-state index in [1.165, 1.54) is 43.7 Å². The second kappa shape index (κ2) is 15.3. The Hall–Kier alpha value is -3.02. The van der Waals surface area contributed by atoms with Crippen LogP contribution in [0, 0.1) is 0 Å². The summed E-state index contributed by atoms with van der Waals surface area (Å²) >= 11 is 0. The molecule has 2 saturated heterocycles. The number of hydrogen-bond acceptors (Lipinski definition) is 16. The first-order valence-electron chi connectivity index (χ1n) is 12.6. The van der Waals surface area contributed by atoms with Crippen molar-refractivity contribution in [2.24, 2.45) is 0 Å². The fraction of sp³-hybridized carbons (Fsp3) is 0.400. The molecule has 4 aliphatic heterocycles. The van der Waals surface area contributed by atoms with Gasteiger partial charge in [-0.05, 0) is 12.2 Å². The van der Waals surface area contributed by atoms with Crippen molar-refractivity contribution in [1.82, 2.24) is 49.9 Å². The van der Waals surface area contributed by atoms with E-state index in [9.17, 15) is 45.1 Å². The molecule has 2 N–H and O–H groups in total. The Morgan fingerprint density at radius 1 is 0.750 bits per heavy atom. The number of fused-ring (bicyclic) bond motifs is 4. The van der Waals surface area contributed by atoms with Crippen LogP contribution in [0.5, 0.6) is 0 Å². The second-order valence-corrected chi connectivity index (χ2v) is 11.8. The van der Waals surface area contributed by atoms with Crippen molar-refractivity contribution in [3.05, 3.63) is 35.9 Å². The summed E-state index contributed by atoms with van der Waals surface area (Å²) < 4.78 is 75.0. The van der Waals surface area contributed by atoms with Gasteiger partial charge in [0.15, 0.2) is 0 Å². The number of amides is 4. The van der Waals surface area contributed by atoms with Crippen LogP contribution >= 0.6 is 0 Å². The fourth-order valence-corrected chi connectivity index (χ4v) is 5.52. The topological polar surface area (TPSA) is 316 Å². The Labute approximate surface area is 313 Å². The first-order chi connectivity index (χ1) is 21.5. The third-order valence-corrected chi connectivity index (χ3v) is 7.18. The van der Waals surface area contributed by atoms with E-state index in [1.54, 1.807) is 0 Å². The van der Waals surface area contributed by atoms with E-state index in [2.05, 4.69) is 29.2 Å². The standard InChI is InChI=1S/2C10H11N5O7S.2Na/c2*16-9(17)1-6-3-14(12-11-6)7-2-8-5-13(4-7)10(18)15(8)22-23(19,20)21;;/h2*2-3,8H,1,4-5H2,(H,16,17)(H,19,20,21);;/q;;2*+1/p-2. The van der Waals surface area contributed by atoms with Crippen LogP contribution in [0.4, 0.5) is 9.59 Å². The molecule has 2 aromatic heterocycles. The molecule has 0 radical (unpaired) electrons. The number of nitrogens with zero attached hydrogens (tertiary/aromatic N) is 10. The van der Waals surface area contributed by atoms with Crippen LogP contribution in [0.3, 0.4) is 0 Å². The summed E-state index contributed by atoms with van der Waals surface area (Å²) in [5, 5.41) is 33.3. The second-order valence-electron chi connectivity index (χ2n) is 9.84. The van der Waals surface area contributed by atoms with Gasteiger partial charge in [0.1, 0.15) is 12.1 Å². The molecular weight excluding hydrogens is 714 g/mol. The summed E-state index contributed by atoms with van der Waals surface area (Å²) in [7, 11) is -10.1. The molecule has 48 heavy (non-hydrogen) atoms. The summed E-state index contributed by atoms with van der Waals surface area (Å²) in [5.41, 5.74) is 1.42. The van der Waals surface area contributed by atoms with Gasteiger partial charge in [-0.3, -0.25) is 9.59 Å². The van der Waals surface area contributed by atoms with Crippen molar-refractivity contribution in [3.63, 3.8) is 0 Å². The number of aromatic nitrogens is 6. The largest absolute Gasteiger partial charge is 1.00 e. The molecule has 248 valence electrons. The van der Waals surface area contributed by atoms with Gasteiger partial charge in [-0.25, -0.2) is 35.8 Å². The normalized spacial score (nSPS) is 20.0. The number of aliphatic carboxylic acids is 2. The number of carbonyl (C=O) groups is 4. The van der Waals surface area contributed by atoms with E-state index in [0.29, 0.717) is 21.5 Å². The number of urea groups is 2. The molecule has 2 unspecified atom stereocenters. The molecule has 2 atom stereocenters. The van der Waals surface area contributed by atoms with Crippen LogP contribution in [-0.4, -0.2) is 148 Å². The molecule has 28 heteroatoms. The minimum atomic E-state index is -5.07.